The normalized spacial score (nSPS) is 32.3. The standard InChI is InChI=1S/C9H14O2.C2H6/c10-9-5-7-1-3-8(4-2-7)6-11-9;1-2/h7-8H,1-6H2;1-2H3. The average molecular weight is 184 g/mol. The van der Waals surface area contributed by atoms with Crippen LogP contribution in [0.25, 0.3) is 0 Å². The first-order valence-corrected chi connectivity index (χ1v) is 5.50. The first-order valence-electron chi connectivity index (χ1n) is 5.50. The number of hydrogen-bond acceptors (Lipinski definition) is 2. The van der Waals surface area contributed by atoms with Gasteiger partial charge in [-0.05, 0) is 37.5 Å². The van der Waals surface area contributed by atoms with Crippen molar-refractivity contribution in [1.29, 1.82) is 0 Å². The summed E-state index contributed by atoms with van der Waals surface area (Å²) in [5.41, 5.74) is 0. The minimum Gasteiger partial charge on any atom is -0.465 e. The number of carbonyl (C=O) groups is 1. The van der Waals surface area contributed by atoms with Crippen molar-refractivity contribution in [3.05, 3.63) is 0 Å². The summed E-state index contributed by atoms with van der Waals surface area (Å²) in [6.07, 6.45) is 5.72. The number of hydrogen-bond donors (Lipinski definition) is 0. The van der Waals surface area contributed by atoms with Crippen LogP contribution in [-0.4, -0.2) is 12.6 Å². The average Bonchev–Trinajstić information content (AvgIpc) is 2.16. The Morgan fingerprint density at radius 1 is 1.08 bits per heavy atom. The summed E-state index contributed by atoms with van der Waals surface area (Å²) in [7, 11) is 0. The van der Waals surface area contributed by atoms with Gasteiger partial charge in [0.2, 0.25) is 0 Å². The van der Waals surface area contributed by atoms with Crippen LogP contribution in [0, 0.1) is 11.8 Å². The molecule has 2 heteroatoms. The lowest BCUT2D eigenvalue weighted by molar-refractivity contribution is -0.149. The van der Waals surface area contributed by atoms with E-state index in [9.17, 15) is 4.79 Å². The third-order valence-electron chi connectivity index (χ3n) is 2.90. The molecule has 0 radical (unpaired) electrons. The molecule has 2 aliphatic heterocycles. The van der Waals surface area contributed by atoms with Gasteiger partial charge in [-0.2, -0.15) is 0 Å². The molecule has 0 N–H and O–H groups in total. The van der Waals surface area contributed by atoms with E-state index in [1.54, 1.807) is 0 Å². The molecule has 1 saturated carbocycles. The van der Waals surface area contributed by atoms with Gasteiger partial charge in [0.1, 0.15) is 0 Å². The van der Waals surface area contributed by atoms with Crippen LogP contribution < -0.4 is 0 Å². The molecule has 2 heterocycles. The Labute approximate surface area is 80.7 Å². The van der Waals surface area contributed by atoms with E-state index in [4.69, 9.17) is 4.74 Å². The molecule has 2 bridgehead atoms. The van der Waals surface area contributed by atoms with E-state index in [0.717, 1.165) is 0 Å². The topological polar surface area (TPSA) is 26.3 Å². The molecule has 0 aromatic heterocycles. The summed E-state index contributed by atoms with van der Waals surface area (Å²) < 4.78 is 5.08. The maximum Gasteiger partial charge on any atom is 0.306 e. The first-order chi connectivity index (χ1) is 6.34. The van der Waals surface area contributed by atoms with Crippen molar-refractivity contribution in [3.63, 3.8) is 0 Å². The zero-order valence-corrected chi connectivity index (χ0v) is 8.71. The van der Waals surface area contributed by atoms with Crippen molar-refractivity contribution in [2.75, 3.05) is 6.61 Å². The molecule has 0 atom stereocenters. The van der Waals surface area contributed by atoms with Gasteiger partial charge in [-0.1, -0.05) is 13.8 Å². The zero-order valence-electron chi connectivity index (χ0n) is 8.71. The van der Waals surface area contributed by atoms with Crippen LogP contribution >= 0.6 is 0 Å². The second-order valence-corrected chi connectivity index (χ2v) is 3.77. The van der Waals surface area contributed by atoms with Crippen molar-refractivity contribution in [2.45, 2.75) is 46.0 Å². The predicted octanol–water partition coefficient (Wildman–Crippen LogP) is 2.77. The highest BCUT2D eigenvalue weighted by Crippen LogP contribution is 2.33. The van der Waals surface area contributed by atoms with E-state index in [0.29, 0.717) is 24.9 Å². The highest BCUT2D eigenvalue weighted by atomic mass is 16.5. The van der Waals surface area contributed by atoms with Crippen LogP contribution in [0.15, 0.2) is 0 Å². The van der Waals surface area contributed by atoms with Gasteiger partial charge in [-0.3, -0.25) is 4.79 Å². The van der Waals surface area contributed by atoms with Crippen molar-refractivity contribution in [3.8, 4) is 0 Å². The number of esters is 1. The van der Waals surface area contributed by atoms with Crippen molar-refractivity contribution in [2.24, 2.45) is 11.8 Å². The monoisotopic (exact) mass is 184 g/mol. The lowest BCUT2D eigenvalue weighted by Crippen LogP contribution is -2.26. The van der Waals surface area contributed by atoms with Crippen LogP contribution in [0.3, 0.4) is 0 Å². The largest absolute Gasteiger partial charge is 0.465 e. The van der Waals surface area contributed by atoms with E-state index < -0.39 is 0 Å². The van der Waals surface area contributed by atoms with Crippen LogP contribution in [0.1, 0.15) is 46.0 Å². The Bertz CT molecular complexity index is 157. The molecular formula is C11H20O2. The zero-order chi connectivity index (χ0) is 9.68. The van der Waals surface area contributed by atoms with E-state index in [1.165, 1.54) is 25.7 Å². The van der Waals surface area contributed by atoms with Gasteiger partial charge >= 0.3 is 5.97 Å². The highest BCUT2D eigenvalue weighted by molar-refractivity contribution is 5.69. The molecular weight excluding hydrogens is 164 g/mol. The number of fused-ring (bicyclic) bond motifs is 5. The summed E-state index contributed by atoms with van der Waals surface area (Å²) in [6.45, 7) is 4.69. The lowest BCUT2D eigenvalue weighted by Gasteiger charge is -2.30. The summed E-state index contributed by atoms with van der Waals surface area (Å²) in [5, 5.41) is 0. The molecule has 0 aromatic rings. The van der Waals surface area contributed by atoms with Gasteiger partial charge in [-0.25, -0.2) is 0 Å². The molecule has 0 amide bonds. The second kappa shape index (κ2) is 5.25. The number of carbonyl (C=O) groups excluding carboxylic acids is 1. The predicted molar refractivity (Wildman–Crippen MR) is 52.4 cm³/mol. The molecule has 3 fully saturated rings. The van der Waals surface area contributed by atoms with E-state index in [2.05, 4.69) is 0 Å². The minimum atomic E-state index is 0.0272. The Kier molecular flexibility index (Phi) is 4.26. The summed E-state index contributed by atoms with van der Waals surface area (Å²) in [6, 6.07) is 0. The van der Waals surface area contributed by atoms with Crippen LogP contribution in [-0.2, 0) is 9.53 Å². The Hall–Kier alpha value is -0.530. The molecule has 0 unspecified atom stereocenters. The molecule has 76 valence electrons. The fraction of sp³-hybridized carbons (Fsp3) is 0.909. The molecule has 3 rings (SSSR count). The lowest BCUT2D eigenvalue weighted by atomic mass is 9.80. The molecule has 2 saturated heterocycles. The number of rotatable bonds is 0. The molecule has 1 aliphatic carbocycles. The van der Waals surface area contributed by atoms with Crippen molar-refractivity contribution in [1.82, 2.24) is 0 Å². The molecule has 13 heavy (non-hydrogen) atoms. The Morgan fingerprint density at radius 2 is 1.62 bits per heavy atom. The molecule has 0 spiro atoms. The van der Waals surface area contributed by atoms with Crippen molar-refractivity contribution < 1.29 is 9.53 Å². The Balaban J connectivity index is 0.000000396. The smallest absolute Gasteiger partial charge is 0.306 e. The SMILES string of the molecule is CC.O=C1CC2CCC(CC2)CO1. The van der Waals surface area contributed by atoms with Gasteiger partial charge in [0, 0.05) is 6.42 Å². The van der Waals surface area contributed by atoms with E-state index in [1.807, 2.05) is 13.8 Å². The third kappa shape index (κ3) is 3.02. The van der Waals surface area contributed by atoms with Crippen LogP contribution in [0.5, 0.6) is 0 Å². The van der Waals surface area contributed by atoms with E-state index >= 15 is 0 Å². The molecule has 3 aliphatic rings. The maximum absolute atomic E-state index is 11.0. The van der Waals surface area contributed by atoms with Gasteiger partial charge < -0.3 is 4.74 Å². The quantitative estimate of drug-likeness (QED) is 0.541. The number of ether oxygens (including phenoxy) is 1. The third-order valence-corrected chi connectivity index (χ3v) is 2.90. The Morgan fingerprint density at radius 3 is 2.23 bits per heavy atom. The molecule has 2 nitrogen and oxygen atoms in total. The van der Waals surface area contributed by atoms with Gasteiger partial charge in [0.25, 0.3) is 0 Å². The van der Waals surface area contributed by atoms with Gasteiger partial charge in [0.05, 0.1) is 6.61 Å². The minimum absolute atomic E-state index is 0.0272. The van der Waals surface area contributed by atoms with Gasteiger partial charge in [-0.15, -0.1) is 0 Å². The highest BCUT2D eigenvalue weighted by Gasteiger charge is 2.27. The van der Waals surface area contributed by atoms with E-state index in [-0.39, 0.29) is 5.97 Å². The maximum atomic E-state index is 11.0. The van der Waals surface area contributed by atoms with Crippen LogP contribution in [0.4, 0.5) is 0 Å². The first kappa shape index (κ1) is 10.6. The van der Waals surface area contributed by atoms with Crippen LogP contribution in [0.2, 0.25) is 0 Å². The summed E-state index contributed by atoms with van der Waals surface area (Å²) in [5.74, 6) is 1.34. The summed E-state index contributed by atoms with van der Waals surface area (Å²) >= 11 is 0. The fourth-order valence-electron chi connectivity index (χ4n) is 2.11. The fourth-order valence-corrected chi connectivity index (χ4v) is 2.11. The van der Waals surface area contributed by atoms with Crippen molar-refractivity contribution >= 4 is 5.97 Å². The second-order valence-electron chi connectivity index (χ2n) is 3.77. The molecule has 0 aromatic carbocycles. The van der Waals surface area contributed by atoms with Gasteiger partial charge in [0.15, 0.2) is 0 Å². The summed E-state index contributed by atoms with van der Waals surface area (Å²) in [4.78, 5) is 11.0.